The highest BCUT2D eigenvalue weighted by molar-refractivity contribution is 6.38. The fourth-order valence-corrected chi connectivity index (χ4v) is 4.14. The predicted octanol–water partition coefficient (Wildman–Crippen LogP) is 1.76. The van der Waals surface area contributed by atoms with Gasteiger partial charge in [-0.2, -0.15) is 0 Å². The predicted molar refractivity (Wildman–Crippen MR) is 135 cm³/mol. The summed E-state index contributed by atoms with van der Waals surface area (Å²) in [6, 6.07) is 0.508. The van der Waals surface area contributed by atoms with Crippen molar-refractivity contribution >= 4 is 35.5 Å². The van der Waals surface area contributed by atoms with Gasteiger partial charge in [0.1, 0.15) is 17.7 Å². The van der Waals surface area contributed by atoms with Crippen molar-refractivity contribution in [3.05, 3.63) is 41.5 Å². The zero-order valence-electron chi connectivity index (χ0n) is 21.7. The van der Waals surface area contributed by atoms with Crippen LogP contribution in [0.25, 0.3) is 6.08 Å². The van der Waals surface area contributed by atoms with Crippen LogP contribution >= 0.6 is 0 Å². The highest BCUT2D eigenvalue weighted by Gasteiger charge is 2.37. The van der Waals surface area contributed by atoms with Gasteiger partial charge in [-0.15, -0.1) is 0 Å². The third kappa shape index (κ3) is 8.74. The quantitative estimate of drug-likeness (QED) is 0.255. The van der Waals surface area contributed by atoms with Crippen LogP contribution in [0.1, 0.15) is 58.4 Å². The summed E-state index contributed by atoms with van der Waals surface area (Å²) in [5, 5.41) is 10.4. The summed E-state index contributed by atoms with van der Waals surface area (Å²) in [5.74, 6) is -5.46. The molecule has 0 spiro atoms. The Morgan fingerprint density at radius 2 is 1.79 bits per heavy atom. The minimum Gasteiger partial charge on any atom is -0.356 e. The number of benzene rings is 1. The molecule has 11 heteroatoms. The molecule has 0 bridgehead atoms. The first kappa shape index (κ1) is 28.9. The molecule has 1 saturated heterocycles. The summed E-state index contributed by atoms with van der Waals surface area (Å²) in [4.78, 5) is 63.5. The first-order chi connectivity index (χ1) is 17.8. The molecule has 3 atom stereocenters. The van der Waals surface area contributed by atoms with Crippen LogP contribution in [0, 0.1) is 23.0 Å². The smallest absolute Gasteiger partial charge is 0.289 e. The summed E-state index contributed by atoms with van der Waals surface area (Å²) in [6.07, 6.45) is 4.33. The fraction of sp³-hybridized carbons (Fsp3) is 0.519. The van der Waals surface area contributed by atoms with E-state index >= 15 is 0 Å². The Hall–Kier alpha value is -3.63. The van der Waals surface area contributed by atoms with Crippen molar-refractivity contribution in [2.45, 2.75) is 71.0 Å². The lowest BCUT2D eigenvalue weighted by Crippen LogP contribution is -2.55. The van der Waals surface area contributed by atoms with Gasteiger partial charge in [-0.1, -0.05) is 20.8 Å². The van der Waals surface area contributed by atoms with Crippen LogP contribution < -0.4 is 21.3 Å². The van der Waals surface area contributed by atoms with Crippen molar-refractivity contribution in [2.24, 2.45) is 11.3 Å². The third-order valence-electron chi connectivity index (χ3n) is 6.28. The van der Waals surface area contributed by atoms with Crippen LogP contribution in [-0.2, 0) is 24.0 Å². The van der Waals surface area contributed by atoms with Gasteiger partial charge in [0, 0.05) is 36.2 Å². The lowest BCUT2D eigenvalue weighted by Gasteiger charge is -2.28. The van der Waals surface area contributed by atoms with Gasteiger partial charge in [0.2, 0.25) is 23.5 Å². The van der Waals surface area contributed by atoms with E-state index in [0.29, 0.717) is 19.0 Å². The summed E-state index contributed by atoms with van der Waals surface area (Å²) in [6.45, 7) is 6.02. The molecule has 2 fully saturated rings. The van der Waals surface area contributed by atoms with Gasteiger partial charge in [-0.3, -0.25) is 24.0 Å². The second-order valence-electron chi connectivity index (χ2n) is 11.0. The molecule has 1 aromatic carbocycles. The summed E-state index contributed by atoms with van der Waals surface area (Å²) in [7, 11) is 0. The molecular weight excluding hydrogens is 498 g/mol. The Labute approximate surface area is 220 Å². The Bertz CT molecular complexity index is 1130. The number of halogens is 2. The van der Waals surface area contributed by atoms with E-state index in [4.69, 9.17) is 0 Å². The van der Waals surface area contributed by atoms with Gasteiger partial charge in [0.15, 0.2) is 0 Å². The molecule has 9 nitrogen and oxygen atoms in total. The molecule has 206 valence electrons. The van der Waals surface area contributed by atoms with Crippen molar-refractivity contribution in [3.63, 3.8) is 0 Å². The lowest BCUT2D eigenvalue weighted by atomic mass is 9.87. The number of ketones is 1. The number of carbonyl (C=O) groups excluding carboxylic acids is 5. The molecule has 1 saturated carbocycles. The average molecular weight is 533 g/mol. The van der Waals surface area contributed by atoms with E-state index in [-0.39, 0.29) is 30.4 Å². The number of hydrogen-bond acceptors (Lipinski definition) is 5. The van der Waals surface area contributed by atoms with E-state index in [9.17, 15) is 32.8 Å². The van der Waals surface area contributed by atoms with Crippen LogP contribution in [0.4, 0.5) is 8.78 Å². The summed E-state index contributed by atoms with van der Waals surface area (Å²) >= 11 is 0. The molecule has 1 aliphatic heterocycles. The second-order valence-corrected chi connectivity index (χ2v) is 11.0. The molecular formula is C27H34F2N4O5. The van der Waals surface area contributed by atoms with Crippen molar-refractivity contribution < 1.29 is 32.8 Å². The highest BCUT2D eigenvalue weighted by Crippen LogP contribution is 2.23. The third-order valence-corrected chi connectivity index (χ3v) is 6.28. The van der Waals surface area contributed by atoms with Gasteiger partial charge < -0.3 is 21.3 Å². The normalized spacial score (nSPS) is 19.0. The number of hydrogen-bond donors (Lipinski definition) is 4. The Kier molecular flexibility index (Phi) is 9.35. The molecule has 1 aromatic rings. The maximum absolute atomic E-state index is 13.9. The van der Waals surface area contributed by atoms with E-state index in [0.717, 1.165) is 31.1 Å². The molecule has 0 radical (unpaired) electrons. The minimum absolute atomic E-state index is 0.0134. The molecule has 1 heterocycles. The first-order valence-electron chi connectivity index (χ1n) is 12.7. The van der Waals surface area contributed by atoms with Gasteiger partial charge in [-0.25, -0.2) is 8.78 Å². The van der Waals surface area contributed by atoms with Gasteiger partial charge in [0.05, 0.1) is 6.04 Å². The van der Waals surface area contributed by atoms with E-state index in [1.165, 1.54) is 6.07 Å². The van der Waals surface area contributed by atoms with Crippen molar-refractivity contribution in [3.8, 4) is 0 Å². The number of carbonyl (C=O) groups is 5. The lowest BCUT2D eigenvalue weighted by molar-refractivity contribution is -0.141. The van der Waals surface area contributed by atoms with Crippen LogP contribution in [0.3, 0.4) is 0 Å². The van der Waals surface area contributed by atoms with Crippen LogP contribution in [-0.4, -0.2) is 54.1 Å². The summed E-state index contributed by atoms with van der Waals surface area (Å²) in [5.41, 5.74) is -0.434. The zero-order chi connectivity index (χ0) is 28.0. The molecule has 2 aliphatic rings. The monoisotopic (exact) mass is 532 g/mol. The van der Waals surface area contributed by atoms with E-state index in [2.05, 4.69) is 21.3 Å². The number of amides is 4. The average Bonchev–Trinajstić information content (AvgIpc) is 3.55. The van der Waals surface area contributed by atoms with Crippen LogP contribution in [0.15, 0.2) is 24.3 Å². The SMILES string of the molecule is CC(C)(C)CC(NC(=O)/C=C/c1ccc(F)cc1F)C(=O)NC(C[C@@H]1CCNC1=O)C(=O)C(=O)NC1CC1. The molecule has 3 rings (SSSR count). The fourth-order valence-electron chi connectivity index (χ4n) is 4.14. The largest absolute Gasteiger partial charge is 0.356 e. The highest BCUT2D eigenvalue weighted by atomic mass is 19.1. The first-order valence-corrected chi connectivity index (χ1v) is 12.7. The maximum atomic E-state index is 13.9. The molecule has 1 aliphatic carbocycles. The summed E-state index contributed by atoms with van der Waals surface area (Å²) < 4.78 is 27.0. The number of rotatable bonds is 11. The van der Waals surface area contributed by atoms with E-state index in [1.54, 1.807) is 0 Å². The molecule has 4 N–H and O–H groups in total. The van der Waals surface area contributed by atoms with Crippen molar-refractivity contribution in [2.75, 3.05) is 6.54 Å². The molecule has 4 amide bonds. The molecule has 2 unspecified atom stereocenters. The second kappa shape index (κ2) is 12.3. The number of Topliss-reactive ketones (excluding diaryl/α,β-unsaturated/α-hetero) is 1. The van der Waals surface area contributed by atoms with Crippen molar-refractivity contribution in [1.29, 1.82) is 0 Å². The molecule has 38 heavy (non-hydrogen) atoms. The minimum atomic E-state index is -1.25. The van der Waals surface area contributed by atoms with Crippen molar-refractivity contribution in [1.82, 2.24) is 21.3 Å². The van der Waals surface area contributed by atoms with E-state index in [1.807, 2.05) is 20.8 Å². The van der Waals surface area contributed by atoms with Crippen LogP contribution in [0.2, 0.25) is 0 Å². The maximum Gasteiger partial charge on any atom is 0.289 e. The zero-order valence-corrected chi connectivity index (χ0v) is 21.7. The number of nitrogens with one attached hydrogen (secondary N) is 4. The van der Waals surface area contributed by atoms with Gasteiger partial charge in [0.25, 0.3) is 5.91 Å². The van der Waals surface area contributed by atoms with Gasteiger partial charge >= 0.3 is 0 Å². The van der Waals surface area contributed by atoms with E-state index < -0.39 is 58.6 Å². The Morgan fingerprint density at radius 3 is 2.37 bits per heavy atom. The molecule has 0 aromatic heterocycles. The van der Waals surface area contributed by atoms with Gasteiger partial charge in [-0.05, 0) is 55.7 Å². The topological polar surface area (TPSA) is 133 Å². The van der Waals surface area contributed by atoms with Crippen LogP contribution in [0.5, 0.6) is 0 Å². The standard InChI is InChI=1S/C27H34F2N4O5/c1-27(2,3)14-21(32-22(34)9-5-15-4-6-17(28)13-19(15)29)25(37)33-20(12-16-10-11-30-24(16)36)23(35)26(38)31-18-7-8-18/h4-6,9,13,16,18,20-21H,7-8,10-12,14H2,1-3H3,(H,30,36)(H,31,38)(H,32,34)(H,33,37)/b9-5+/t16-,20?,21?/m0/s1. The Morgan fingerprint density at radius 1 is 1.08 bits per heavy atom. The Balaban J connectivity index is 1.74.